The molecule has 1 N–H and O–H groups in total. The molecule has 1 aromatic rings. The highest BCUT2D eigenvalue weighted by Gasteiger charge is 2.32. The standard InChI is InChI=1S/C17H29N5O2/c1-13-14(11-18-16(19-13)21(4)5)15(23)22-9-6-7-17(24,8-10-22)12-20(2)3/h11,24H,6-10,12H2,1-5H3. The largest absolute Gasteiger partial charge is 0.388 e. The highest BCUT2D eigenvalue weighted by molar-refractivity contribution is 5.95. The van der Waals surface area contributed by atoms with E-state index in [1.807, 2.05) is 49.8 Å². The van der Waals surface area contributed by atoms with E-state index in [0.717, 1.165) is 6.42 Å². The second kappa shape index (κ2) is 7.44. The number of aliphatic hydroxyl groups is 1. The lowest BCUT2D eigenvalue weighted by molar-refractivity contribution is 0.00305. The second-order valence-electron chi connectivity index (χ2n) is 7.17. The fraction of sp³-hybridized carbons (Fsp3) is 0.706. The van der Waals surface area contributed by atoms with E-state index >= 15 is 0 Å². The molecule has 1 unspecified atom stereocenters. The van der Waals surface area contributed by atoms with Crippen molar-refractivity contribution < 1.29 is 9.90 Å². The number of hydrogen-bond acceptors (Lipinski definition) is 6. The van der Waals surface area contributed by atoms with E-state index in [4.69, 9.17) is 0 Å². The van der Waals surface area contributed by atoms with Gasteiger partial charge >= 0.3 is 0 Å². The molecule has 0 aliphatic carbocycles. The Balaban J connectivity index is 2.10. The van der Waals surface area contributed by atoms with Crippen LogP contribution < -0.4 is 4.90 Å². The van der Waals surface area contributed by atoms with Crippen molar-refractivity contribution in [1.29, 1.82) is 0 Å². The summed E-state index contributed by atoms with van der Waals surface area (Å²) in [5.41, 5.74) is 0.504. The first-order valence-corrected chi connectivity index (χ1v) is 8.39. The summed E-state index contributed by atoms with van der Waals surface area (Å²) < 4.78 is 0. The minimum atomic E-state index is -0.723. The summed E-state index contributed by atoms with van der Waals surface area (Å²) in [6.45, 7) is 3.66. The molecule has 134 valence electrons. The molecule has 1 amide bonds. The first kappa shape index (κ1) is 18.6. The number of amides is 1. The Morgan fingerprint density at radius 2 is 2.00 bits per heavy atom. The molecule has 1 saturated heterocycles. The maximum absolute atomic E-state index is 12.8. The van der Waals surface area contributed by atoms with Gasteiger partial charge in [0.1, 0.15) is 0 Å². The van der Waals surface area contributed by atoms with Gasteiger partial charge in [-0.1, -0.05) is 0 Å². The zero-order valence-corrected chi connectivity index (χ0v) is 15.4. The van der Waals surface area contributed by atoms with Gasteiger partial charge in [0.05, 0.1) is 16.9 Å². The van der Waals surface area contributed by atoms with Crippen LogP contribution in [0.1, 0.15) is 35.3 Å². The Labute approximate surface area is 144 Å². The number of aromatic nitrogens is 2. The van der Waals surface area contributed by atoms with Gasteiger partial charge in [-0.15, -0.1) is 0 Å². The molecular formula is C17H29N5O2. The number of carbonyl (C=O) groups excluding carboxylic acids is 1. The van der Waals surface area contributed by atoms with Gasteiger partial charge in [-0.3, -0.25) is 4.79 Å². The van der Waals surface area contributed by atoms with E-state index in [2.05, 4.69) is 9.97 Å². The molecule has 0 saturated carbocycles. The number of anilines is 1. The van der Waals surface area contributed by atoms with Crippen molar-refractivity contribution in [2.45, 2.75) is 31.8 Å². The molecule has 0 bridgehead atoms. The van der Waals surface area contributed by atoms with E-state index in [0.29, 0.717) is 49.7 Å². The van der Waals surface area contributed by atoms with E-state index in [1.54, 1.807) is 6.20 Å². The molecule has 1 atom stereocenters. The second-order valence-corrected chi connectivity index (χ2v) is 7.17. The quantitative estimate of drug-likeness (QED) is 0.876. The Bertz CT molecular complexity index is 590. The molecule has 0 spiro atoms. The third-order valence-corrected chi connectivity index (χ3v) is 4.41. The Morgan fingerprint density at radius 3 is 2.58 bits per heavy atom. The first-order chi connectivity index (χ1) is 11.2. The fourth-order valence-corrected chi connectivity index (χ4v) is 3.18. The number of hydrogen-bond donors (Lipinski definition) is 1. The van der Waals surface area contributed by atoms with Crippen LogP contribution in [0.5, 0.6) is 0 Å². The van der Waals surface area contributed by atoms with Gasteiger partial charge in [0.25, 0.3) is 5.91 Å². The van der Waals surface area contributed by atoms with E-state index < -0.39 is 5.60 Å². The van der Waals surface area contributed by atoms with Crippen molar-refractivity contribution in [3.05, 3.63) is 17.5 Å². The van der Waals surface area contributed by atoms with Crippen LogP contribution in [0.15, 0.2) is 6.20 Å². The summed E-state index contributed by atoms with van der Waals surface area (Å²) in [5, 5.41) is 10.7. The Morgan fingerprint density at radius 1 is 1.29 bits per heavy atom. The van der Waals surface area contributed by atoms with Crippen LogP contribution in [0.25, 0.3) is 0 Å². The molecule has 0 aromatic carbocycles. The molecular weight excluding hydrogens is 306 g/mol. The van der Waals surface area contributed by atoms with Crippen molar-refractivity contribution >= 4 is 11.9 Å². The van der Waals surface area contributed by atoms with Crippen LogP contribution in [0, 0.1) is 6.92 Å². The van der Waals surface area contributed by atoms with Gasteiger partial charge in [0.2, 0.25) is 5.95 Å². The smallest absolute Gasteiger partial charge is 0.257 e. The van der Waals surface area contributed by atoms with Gasteiger partial charge in [-0.05, 0) is 40.3 Å². The number of rotatable bonds is 4. The first-order valence-electron chi connectivity index (χ1n) is 8.39. The van der Waals surface area contributed by atoms with Crippen molar-refractivity contribution in [1.82, 2.24) is 19.8 Å². The maximum atomic E-state index is 12.8. The van der Waals surface area contributed by atoms with Crippen molar-refractivity contribution in [3.8, 4) is 0 Å². The summed E-state index contributed by atoms with van der Waals surface area (Å²) in [5.74, 6) is 0.548. The van der Waals surface area contributed by atoms with E-state index in [1.165, 1.54) is 0 Å². The predicted molar refractivity (Wildman–Crippen MR) is 94.4 cm³/mol. The highest BCUT2D eigenvalue weighted by Crippen LogP contribution is 2.24. The molecule has 7 heteroatoms. The number of nitrogens with zero attached hydrogens (tertiary/aromatic N) is 5. The van der Waals surface area contributed by atoms with E-state index in [-0.39, 0.29) is 5.91 Å². The summed E-state index contributed by atoms with van der Waals surface area (Å²) in [6, 6.07) is 0. The van der Waals surface area contributed by atoms with E-state index in [9.17, 15) is 9.90 Å². The molecule has 2 rings (SSSR count). The van der Waals surface area contributed by atoms with Crippen LogP contribution in [0.3, 0.4) is 0 Å². The number of likely N-dealkylation sites (N-methyl/N-ethyl adjacent to an activating group) is 1. The van der Waals surface area contributed by atoms with Crippen LogP contribution in [0.2, 0.25) is 0 Å². The lowest BCUT2D eigenvalue weighted by Crippen LogP contribution is -2.41. The normalized spacial score (nSPS) is 21.7. The minimum absolute atomic E-state index is 0.0492. The maximum Gasteiger partial charge on any atom is 0.257 e. The molecule has 24 heavy (non-hydrogen) atoms. The monoisotopic (exact) mass is 335 g/mol. The van der Waals surface area contributed by atoms with Crippen molar-refractivity contribution in [2.24, 2.45) is 0 Å². The van der Waals surface area contributed by atoms with Gasteiger partial charge in [-0.25, -0.2) is 9.97 Å². The molecule has 1 fully saturated rings. The van der Waals surface area contributed by atoms with Crippen LogP contribution in [-0.2, 0) is 0 Å². The fourth-order valence-electron chi connectivity index (χ4n) is 3.18. The summed E-state index contributed by atoms with van der Waals surface area (Å²) in [4.78, 5) is 27.1. The summed E-state index contributed by atoms with van der Waals surface area (Å²) in [6.07, 6.45) is 3.71. The third-order valence-electron chi connectivity index (χ3n) is 4.41. The van der Waals surface area contributed by atoms with Crippen LogP contribution >= 0.6 is 0 Å². The van der Waals surface area contributed by atoms with Gasteiger partial charge < -0.3 is 19.8 Å². The predicted octanol–water partition coefficient (Wildman–Crippen LogP) is 0.770. The number of aryl methyl sites for hydroxylation is 1. The molecule has 1 aromatic heterocycles. The molecule has 1 aliphatic rings. The zero-order valence-electron chi connectivity index (χ0n) is 15.4. The van der Waals surface area contributed by atoms with Gasteiger partial charge in [0.15, 0.2) is 0 Å². The highest BCUT2D eigenvalue weighted by atomic mass is 16.3. The average molecular weight is 335 g/mol. The molecule has 2 heterocycles. The van der Waals surface area contributed by atoms with Gasteiger partial charge in [0, 0.05) is 39.9 Å². The zero-order chi connectivity index (χ0) is 17.9. The SMILES string of the molecule is Cc1nc(N(C)C)ncc1C(=O)N1CCCC(O)(CN(C)C)CC1. The average Bonchev–Trinajstić information content (AvgIpc) is 2.67. The lowest BCUT2D eigenvalue weighted by Gasteiger charge is -2.30. The minimum Gasteiger partial charge on any atom is -0.388 e. The number of likely N-dealkylation sites (tertiary alicyclic amines) is 1. The molecule has 1 aliphatic heterocycles. The van der Waals surface area contributed by atoms with Crippen LogP contribution in [-0.4, -0.2) is 84.2 Å². The summed E-state index contributed by atoms with van der Waals surface area (Å²) >= 11 is 0. The Hall–Kier alpha value is -1.73. The van der Waals surface area contributed by atoms with Gasteiger partial charge in [-0.2, -0.15) is 0 Å². The van der Waals surface area contributed by atoms with Crippen molar-refractivity contribution in [2.75, 3.05) is 52.7 Å². The number of carbonyl (C=O) groups is 1. The Kier molecular flexibility index (Phi) is 5.77. The third kappa shape index (κ3) is 4.42. The summed E-state index contributed by atoms with van der Waals surface area (Å²) in [7, 11) is 7.66. The topological polar surface area (TPSA) is 72.8 Å². The van der Waals surface area contributed by atoms with Crippen LogP contribution in [0.4, 0.5) is 5.95 Å². The van der Waals surface area contributed by atoms with Crippen molar-refractivity contribution in [3.63, 3.8) is 0 Å². The molecule has 0 radical (unpaired) electrons. The molecule has 7 nitrogen and oxygen atoms in total. The lowest BCUT2D eigenvalue weighted by atomic mass is 9.94.